The number of nitrogens with zero attached hydrogens (tertiary/aromatic N) is 1. The Bertz CT molecular complexity index is 389. The van der Waals surface area contributed by atoms with Gasteiger partial charge in [-0.3, -0.25) is 4.79 Å². The Kier molecular flexibility index (Phi) is 3.21. The SMILES string of the molecule is CC(O)C1CCN(C(=O)c2cc(Cl)c[nH]2)C1. The zero-order valence-electron chi connectivity index (χ0n) is 9.11. The van der Waals surface area contributed by atoms with Gasteiger partial charge in [-0.1, -0.05) is 11.6 Å². The van der Waals surface area contributed by atoms with Gasteiger partial charge < -0.3 is 15.0 Å². The molecule has 0 aromatic carbocycles. The van der Waals surface area contributed by atoms with Crippen LogP contribution in [0.25, 0.3) is 0 Å². The maximum Gasteiger partial charge on any atom is 0.270 e. The molecule has 88 valence electrons. The van der Waals surface area contributed by atoms with Crippen LogP contribution < -0.4 is 0 Å². The summed E-state index contributed by atoms with van der Waals surface area (Å²) in [5.74, 6) is 0.143. The van der Waals surface area contributed by atoms with E-state index in [0.29, 0.717) is 23.8 Å². The molecule has 5 heteroatoms. The van der Waals surface area contributed by atoms with Gasteiger partial charge in [0.2, 0.25) is 0 Å². The second-order valence-electron chi connectivity index (χ2n) is 4.27. The molecule has 4 nitrogen and oxygen atoms in total. The summed E-state index contributed by atoms with van der Waals surface area (Å²) >= 11 is 5.75. The fraction of sp³-hybridized carbons (Fsp3) is 0.545. The van der Waals surface area contributed by atoms with Crippen molar-refractivity contribution in [2.75, 3.05) is 13.1 Å². The summed E-state index contributed by atoms with van der Waals surface area (Å²) in [6, 6.07) is 1.62. The van der Waals surface area contributed by atoms with Crippen LogP contribution in [0.5, 0.6) is 0 Å². The fourth-order valence-corrected chi connectivity index (χ4v) is 2.19. The summed E-state index contributed by atoms with van der Waals surface area (Å²) < 4.78 is 0. The summed E-state index contributed by atoms with van der Waals surface area (Å²) in [7, 11) is 0. The van der Waals surface area contributed by atoms with Gasteiger partial charge >= 0.3 is 0 Å². The minimum Gasteiger partial charge on any atom is -0.393 e. The molecule has 0 bridgehead atoms. The van der Waals surface area contributed by atoms with Crippen LogP contribution in [0.3, 0.4) is 0 Å². The van der Waals surface area contributed by atoms with Gasteiger partial charge in [-0.2, -0.15) is 0 Å². The van der Waals surface area contributed by atoms with Crippen LogP contribution in [0, 0.1) is 5.92 Å². The second-order valence-corrected chi connectivity index (χ2v) is 4.71. The Balaban J connectivity index is 2.02. The van der Waals surface area contributed by atoms with Crippen LogP contribution in [0.1, 0.15) is 23.8 Å². The number of carbonyl (C=O) groups excluding carboxylic acids is 1. The van der Waals surface area contributed by atoms with Crippen molar-refractivity contribution in [2.24, 2.45) is 5.92 Å². The number of H-pyrrole nitrogens is 1. The molecule has 1 amide bonds. The van der Waals surface area contributed by atoms with E-state index in [1.165, 1.54) is 0 Å². The van der Waals surface area contributed by atoms with Gasteiger partial charge in [0.05, 0.1) is 11.1 Å². The van der Waals surface area contributed by atoms with Crippen molar-refractivity contribution in [2.45, 2.75) is 19.4 Å². The summed E-state index contributed by atoms with van der Waals surface area (Å²) in [5, 5.41) is 10.00. The summed E-state index contributed by atoms with van der Waals surface area (Å²) in [6.07, 6.45) is 2.10. The van der Waals surface area contributed by atoms with Crippen molar-refractivity contribution in [3.05, 3.63) is 23.0 Å². The number of hydrogen-bond donors (Lipinski definition) is 2. The van der Waals surface area contributed by atoms with E-state index in [1.54, 1.807) is 24.1 Å². The highest BCUT2D eigenvalue weighted by Gasteiger charge is 2.29. The summed E-state index contributed by atoms with van der Waals surface area (Å²) in [4.78, 5) is 16.6. The molecule has 1 aromatic rings. The molecule has 1 aliphatic rings. The first-order valence-electron chi connectivity index (χ1n) is 5.39. The van der Waals surface area contributed by atoms with Crippen LogP contribution in [-0.4, -0.2) is 40.1 Å². The largest absolute Gasteiger partial charge is 0.393 e. The van der Waals surface area contributed by atoms with Crippen LogP contribution in [-0.2, 0) is 0 Å². The smallest absolute Gasteiger partial charge is 0.270 e. The van der Waals surface area contributed by atoms with E-state index in [0.717, 1.165) is 6.42 Å². The van der Waals surface area contributed by atoms with Gasteiger partial charge in [0.1, 0.15) is 5.69 Å². The van der Waals surface area contributed by atoms with Crippen LogP contribution >= 0.6 is 11.6 Å². The molecule has 1 aromatic heterocycles. The van der Waals surface area contributed by atoms with E-state index < -0.39 is 0 Å². The van der Waals surface area contributed by atoms with Gasteiger partial charge in [-0.25, -0.2) is 0 Å². The molecule has 1 aliphatic heterocycles. The quantitative estimate of drug-likeness (QED) is 0.826. The Labute approximate surface area is 99.2 Å². The Hall–Kier alpha value is -1.00. The average Bonchev–Trinajstić information content (AvgIpc) is 2.84. The van der Waals surface area contributed by atoms with Crippen molar-refractivity contribution < 1.29 is 9.90 Å². The third-order valence-electron chi connectivity index (χ3n) is 3.07. The predicted molar refractivity (Wildman–Crippen MR) is 61.5 cm³/mol. The lowest BCUT2D eigenvalue weighted by Crippen LogP contribution is -2.30. The molecule has 2 unspecified atom stereocenters. The number of nitrogens with one attached hydrogen (secondary N) is 1. The number of aromatic nitrogens is 1. The second kappa shape index (κ2) is 4.47. The van der Waals surface area contributed by atoms with Crippen molar-refractivity contribution in [1.29, 1.82) is 0 Å². The molecule has 2 heterocycles. The number of aliphatic hydroxyl groups excluding tert-OH is 1. The molecule has 0 radical (unpaired) electrons. The lowest BCUT2D eigenvalue weighted by Gasteiger charge is -2.16. The Morgan fingerprint density at radius 3 is 3.00 bits per heavy atom. The van der Waals surface area contributed by atoms with Crippen molar-refractivity contribution >= 4 is 17.5 Å². The zero-order valence-corrected chi connectivity index (χ0v) is 9.87. The maximum absolute atomic E-state index is 12.0. The molecule has 1 saturated heterocycles. The number of amides is 1. The molecule has 2 N–H and O–H groups in total. The number of halogens is 1. The first-order valence-corrected chi connectivity index (χ1v) is 5.77. The van der Waals surface area contributed by atoms with Gasteiger partial charge in [-0.15, -0.1) is 0 Å². The summed E-state index contributed by atoms with van der Waals surface area (Å²) in [6.45, 7) is 3.09. The molecule has 16 heavy (non-hydrogen) atoms. The van der Waals surface area contributed by atoms with Gasteiger partial charge in [0.25, 0.3) is 5.91 Å². The van der Waals surface area contributed by atoms with Crippen molar-refractivity contribution in [1.82, 2.24) is 9.88 Å². The number of likely N-dealkylation sites (tertiary alicyclic amines) is 1. The van der Waals surface area contributed by atoms with E-state index in [4.69, 9.17) is 11.6 Å². The highest BCUT2D eigenvalue weighted by atomic mass is 35.5. The molecule has 0 spiro atoms. The lowest BCUT2D eigenvalue weighted by atomic mass is 10.0. The molecular weight excluding hydrogens is 228 g/mol. The topological polar surface area (TPSA) is 56.3 Å². The Morgan fingerprint density at radius 1 is 1.75 bits per heavy atom. The number of aliphatic hydroxyl groups is 1. The number of carbonyl (C=O) groups is 1. The fourth-order valence-electron chi connectivity index (χ4n) is 2.03. The van der Waals surface area contributed by atoms with Crippen LogP contribution in [0.15, 0.2) is 12.3 Å². The van der Waals surface area contributed by atoms with E-state index in [1.807, 2.05) is 0 Å². The molecule has 0 aliphatic carbocycles. The predicted octanol–water partition coefficient (Wildman–Crippen LogP) is 1.51. The Morgan fingerprint density at radius 2 is 2.50 bits per heavy atom. The molecule has 0 saturated carbocycles. The number of hydrogen-bond acceptors (Lipinski definition) is 2. The van der Waals surface area contributed by atoms with E-state index in [9.17, 15) is 9.90 Å². The number of rotatable bonds is 2. The summed E-state index contributed by atoms with van der Waals surface area (Å²) in [5.41, 5.74) is 0.510. The number of aromatic amines is 1. The van der Waals surface area contributed by atoms with Crippen LogP contribution in [0.4, 0.5) is 0 Å². The van der Waals surface area contributed by atoms with E-state index in [-0.39, 0.29) is 17.9 Å². The highest BCUT2D eigenvalue weighted by Crippen LogP contribution is 2.22. The van der Waals surface area contributed by atoms with Crippen molar-refractivity contribution in [3.8, 4) is 0 Å². The lowest BCUT2D eigenvalue weighted by molar-refractivity contribution is 0.0757. The molecule has 2 atom stereocenters. The molecular formula is C11H15ClN2O2. The third kappa shape index (κ3) is 2.23. The maximum atomic E-state index is 12.0. The average molecular weight is 243 g/mol. The van der Waals surface area contributed by atoms with Crippen molar-refractivity contribution in [3.63, 3.8) is 0 Å². The van der Waals surface area contributed by atoms with E-state index in [2.05, 4.69) is 4.98 Å². The standard InChI is InChI=1S/C11H15ClN2O2/c1-7(15)8-2-3-14(6-8)11(16)10-4-9(12)5-13-10/h4-5,7-8,13,15H,2-3,6H2,1H3. The van der Waals surface area contributed by atoms with E-state index >= 15 is 0 Å². The van der Waals surface area contributed by atoms with Gasteiger partial charge in [0, 0.05) is 25.2 Å². The molecule has 1 fully saturated rings. The van der Waals surface area contributed by atoms with Gasteiger partial charge in [-0.05, 0) is 19.4 Å². The minimum atomic E-state index is -0.356. The van der Waals surface area contributed by atoms with Gasteiger partial charge in [0.15, 0.2) is 0 Å². The van der Waals surface area contributed by atoms with Crippen LogP contribution in [0.2, 0.25) is 5.02 Å². The molecule has 2 rings (SSSR count). The minimum absolute atomic E-state index is 0.0462. The highest BCUT2D eigenvalue weighted by molar-refractivity contribution is 6.30. The normalized spacial score (nSPS) is 22.4. The monoisotopic (exact) mass is 242 g/mol. The third-order valence-corrected chi connectivity index (χ3v) is 3.29. The first kappa shape index (κ1) is 11.5. The zero-order chi connectivity index (χ0) is 11.7. The first-order chi connectivity index (χ1) is 7.58.